The molecule has 1 rings (SSSR count). The van der Waals surface area contributed by atoms with Crippen molar-refractivity contribution in [3.8, 4) is 0 Å². The van der Waals surface area contributed by atoms with Gasteiger partial charge in [-0.05, 0) is 0 Å². The maximum atomic E-state index is 8.27. The van der Waals surface area contributed by atoms with E-state index in [4.69, 9.17) is 28.4 Å². The largest absolute Gasteiger partial charge is 0.411 e. The molecular formula is C7H7Cl2NO. The molecule has 60 valence electrons. The van der Waals surface area contributed by atoms with Crippen LogP contribution in [-0.2, 0) is 0 Å². The molecular weight excluding hydrogens is 185 g/mol. The van der Waals surface area contributed by atoms with Crippen molar-refractivity contribution in [1.82, 2.24) is 0 Å². The molecule has 1 N–H and O–H groups in total. The summed E-state index contributed by atoms with van der Waals surface area (Å²) in [5, 5.41) is 10.8. The van der Waals surface area contributed by atoms with Gasteiger partial charge in [0.05, 0.1) is 11.6 Å². The predicted molar refractivity (Wildman–Crippen MR) is 46.8 cm³/mol. The van der Waals surface area contributed by atoms with Crippen molar-refractivity contribution in [1.29, 1.82) is 0 Å². The molecule has 4 heteroatoms. The van der Waals surface area contributed by atoms with Crippen molar-refractivity contribution >= 4 is 29.4 Å². The Morgan fingerprint density at radius 3 is 2.82 bits per heavy atom. The van der Waals surface area contributed by atoms with E-state index in [1.165, 1.54) is 6.21 Å². The zero-order valence-corrected chi connectivity index (χ0v) is 7.13. The summed E-state index contributed by atoms with van der Waals surface area (Å²) in [5.41, 5.74) is 0. The minimum absolute atomic E-state index is 0.370. The minimum atomic E-state index is -0.884. The lowest BCUT2D eigenvalue weighted by Gasteiger charge is -2.22. The first-order chi connectivity index (χ1) is 5.19. The molecule has 0 heterocycles. The lowest BCUT2D eigenvalue weighted by molar-refractivity contribution is 0.319. The Bertz CT molecular complexity index is 224. The summed E-state index contributed by atoms with van der Waals surface area (Å²) in [5.74, 6) is 0. The van der Waals surface area contributed by atoms with E-state index < -0.39 is 4.87 Å². The van der Waals surface area contributed by atoms with Crippen LogP contribution in [0, 0.1) is 0 Å². The van der Waals surface area contributed by atoms with E-state index in [1.807, 2.05) is 0 Å². The first kappa shape index (κ1) is 8.62. The average molecular weight is 192 g/mol. The number of hydrogen-bond acceptors (Lipinski definition) is 2. The van der Waals surface area contributed by atoms with Gasteiger partial charge in [0, 0.05) is 0 Å². The normalized spacial score (nSPS) is 36.7. The first-order valence-corrected chi connectivity index (χ1v) is 3.88. The van der Waals surface area contributed by atoms with Crippen molar-refractivity contribution in [3.05, 3.63) is 24.3 Å². The number of hydrogen-bond donors (Lipinski definition) is 1. The van der Waals surface area contributed by atoms with Gasteiger partial charge in [-0.15, -0.1) is 23.2 Å². The van der Waals surface area contributed by atoms with Crippen molar-refractivity contribution in [2.24, 2.45) is 5.16 Å². The number of alkyl halides is 2. The standard InChI is InChI=1S/C7H7Cl2NO/c8-6-3-1-2-4-7(6,9)5-10-11/h1-6,11H. The van der Waals surface area contributed by atoms with Gasteiger partial charge >= 0.3 is 0 Å². The Kier molecular flexibility index (Phi) is 2.58. The summed E-state index contributed by atoms with van der Waals surface area (Å²) < 4.78 is 0. The highest BCUT2D eigenvalue weighted by atomic mass is 35.5. The molecule has 0 bridgehead atoms. The number of nitrogens with zero attached hydrogens (tertiary/aromatic N) is 1. The van der Waals surface area contributed by atoms with Gasteiger partial charge in [0.2, 0.25) is 0 Å². The van der Waals surface area contributed by atoms with Gasteiger partial charge in [0.25, 0.3) is 0 Å². The van der Waals surface area contributed by atoms with Crippen LogP contribution in [0.15, 0.2) is 29.5 Å². The van der Waals surface area contributed by atoms with Gasteiger partial charge < -0.3 is 5.21 Å². The van der Waals surface area contributed by atoms with E-state index in [-0.39, 0.29) is 5.38 Å². The highest BCUT2D eigenvalue weighted by Crippen LogP contribution is 2.28. The molecule has 0 aromatic rings. The third kappa shape index (κ3) is 1.76. The number of rotatable bonds is 1. The Morgan fingerprint density at radius 1 is 1.55 bits per heavy atom. The Balaban J connectivity index is 2.85. The highest BCUT2D eigenvalue weighted by molar-refractivity contribution is 6.41. The lowest BCUT2D eigenvalue weighted by Crippen LogP contribution is -2.32. The Labute approximate surface area is 74.8 Å². The van der Waals surface area contributed by atoms with Gasteiger partial charge in [0.1, 0.15) is 4.87 Å². The van der Waals surface area contributed by atoms with Gasteiger partial charge in [-0.25, -0.2) is 0 Å². The predicted octanol–water partition coefficient (Wildman–Crippen LogP) is 2.16. The van der Waals surface area contributed by atoms with E-state index in [9.17, 15) is 0 Å². The van der Waals surface area contributed by atoms with Crippen LogP contribution in [-0.4, -0.2) is 21.7 Å². The van der Waals surface area contributed by atoms with Crippen molar-refractivity contribution in [3.63, 3.8) is 0 Å². The van der Waals surface area contributed by atoms with Crippen molar-refractivity contribution < 1.29 is 5.21 Å². The Morgan fingerprint density at radius 2 is 2.27 bits per heavy atom. The summed E-state index contributed by atoms with van der Waals surface area (Å²) in [6.07, 6.45) is 8.16. The van der Waals surface area contributed by atoms with Gasteiger partial charge in [-0.3, -0.25) is 0 Å². The van der Waals surface area contributed by atoms with Crippen LogP contribution in [0.5, 0.6) is 0 Å². The highest BCUT2D eigenvalue weighted by Gasteiger charge is 2.31. The summed E-state index contributed by atoms with van der Waals surface area (Å²) in [6, 6.07) is 0. The topological polar surface area (TPSA) is 32.6 Å². The summed E-state index contributed by atoms with van der Waals surface area (Å²) in [6.45, 7) is 0. The molecule has 2 nitrogen and oxygen atoms in total. The molecule has 0 saturated heterocycles. The average Bonchev–Trinajstić information content (AvgIpc) is 1.96. The van der Waals surface area contributed by atoms with Crippen LogP contribution in [0.25, 0.3) is 0 Å². The second kappa shape index (κ2) is 3.28. The number of halogens is 2. The van der Waals surface area contributed by atoms with Crippen LogP contribution in [0.4, 0.5) is 0 Å². The van der Waals surface area contributed by atoms with Crippen molar-refractivity contribution in [2.45, 2.75) is 10.3 Å². The van der Waals surface area contributed by atoms with Gasteiger partial charge in [-0.1, -0.05) is 29.5 Å². The molecule has 0 aliphatic heterocycles. The lowest BCUT2D eigenvalue weighted by atomic mass is 10.0. The van der Waals surface area contributed by atoms with E-state index >= 15 is 0 Å². The molecule has 0 spiro atoms. The van der Waals surface area contributed by atoms with Gasteiger partial charge in [-0.2, -0.15) is 0 Å². The smallest absolute Gasteiger partial charge is 0.121 e. The molecule has 1 aliphatic carbocycles. The van der Waals surface area contributed by atoms with Crippen LogP contribution in [0.1, 0.15) is 0 Å². The second-order valence-corrected chi connectivity index (χ2v) is 3.34. The molecule has 0 saturated carbocycles. The van der Waals surface area contributed by atoms with Gasteiger partial charge in [0.15, 0.2) is 0 Å². The third-order valence-corrected chi connectivity index (χ3v) is 2.50. The van der Waals surface area contributed by atoms with Crippen molar-refractivity contribution in [2.75, 3.05) is 0 Å². The fraction of sp³-hybridized carbons (Fsp3) is 0.286. The van der Waals surface area contributed by atoms with Crippen LogP contribution in [0.2, 0.25) is 0 Å². The summed E-state index contributed by atoms with van der Waals surface area (Å²) in [7, 11) is 0. The molecule has 0 aromatic carbocycles. The number of allylic oxidation sites excluding steroid dienone is 4. The fourth-order valence-corrected chi connectivity index (χ4v) is 1.21. The minimum Gasteiger partial charge on any atom is -0.411 e. The first-order valence-electron chi connectivity index (χ1n) is 3.06. The monoisotopic (exact) mass is 191 g/mol. The number of oxime groups is 1. The van der Waals surface area contributed by atoms with Crippen LogP contribution >= 0.6 is 23.2 Å². The fourth-order valence-electron chi connectivity index (χ4n) is 0.807. The molecule has 2 atom stereocenters. The van der Waals surface area contributed by atoms with Crippen LogP contribution in [0.3, 0.4) is 0 Å². The zero-order chi connectivity index (χ0) is 8.32. The molecule has 0 amide bonds. The third-order valence-electron chi connectivity index (χ3n) is 1.42. The molecule has 11 heavy (non-hydrogen) atoms. The molecule has 2 unspecified atom stereocenters. The SMILES string of the molecule is ON=CC1(Cl)C=CC=CC1Cl. The Hall–Kier alpha value is -0.470. The molecule has 0 aromatic heterocycles. The van der Waals surface area contributed by atoms with Crippen LogP contribution < -0.4 is 0 Å². The molecule has 0 radical (unpaired) electrons. The zero-order valence-electron chi connectivity index (χ0n) is 5.61. The summed E-state index contributed by atoms with van der Waals surface area (Å²) >= 11 is 11.8. The maximum Gasteiger partial charge on any atom is 0.121 e. The second-order valence-electron chi connectivity index (χ2n) is 2.22. The van der Waals surface area contributed by atoms with E-state index in [0.29, 0.717) is 0 Å². The van der Waals surface area contributed by atoms with E-state index in [1.54, 1.807) is 24.3 Å². The molecule has 1 aliphatic rings. The summed E-state index contributed by atoms with van der Waals surface area (Å²) in [4.78, 5) is -0.884. The van der Waals surface area contributed by atoms with E-state index in [0.717, 1.165) is 0 Å². The molecule has 0 fully saturated rings. The quantitative estimate of drug-likeness (QED) is 0.293. The maximum absolute atomic E-state index is 8.27. The van der Waals surface area contributed by atoms with E-state index in [2.05, 4.69) is 5.16 Å².